The lowest BCUT2D eigenvalue weighted by atomic mass is 9.99. The summed E-state index contributed by atoms with van der Waals surface area (Å²) in [5.74, 6) is -1.22. The first-order chi connectivity index (χ1) is 15.5. The fourth-order valence-electron chi connectivity index (χ4n) is 4.07. The smallest absolute Gasteiger partial charge is 0.233 e. The molecule has 4 atom stereocenters. The van der Waals surface area contributed by atoms with E-state index < -0.39 is 12.0 Å². The maximum Gasteiger partial charge on any atom is 0.233 e. The van der Waals surface area contributed by atoms with Crippen molar-refractivity contribution in [2.75, 3.05) is 26.3 Å². The molecule has 1 aromatic rings. The van der Waals surface area contributed by atoms with E-state index in [0.717, 1.165) is 31.2 Å². The minimum absolute atomic E-state index is 0.0459. The van der Waals surface area contributed by atoms with Gasteiger partial charge in [-0.25, -0.2) is 0 Å². The molecule has 1 fully saturated rings. The van der Waals surface area contributed by atoms with Crippen molar-refractivity contribution in [3.63, 3.8) is 0 Å². The molecule has 0 spiro atoms. The zero-order valence-electron chi connectivity index (χ0n) is 19.9. The Bertz CT molecular complexity index is 679. The van der Waals surface area contributed by atoms with Crippen LogP contribution in [0.2, 0.25) is 0 Å². The standard InChI is InChI=1S/C25H41N3O4/c1-4-6-11-19(3)26-24(30)21(10-5-2)25(31)27-23(28-14-16-32-17-15-28)18-22(29)20-12-8-7-9-13-20/h7-9,12-13,19,21-23,29H,4-6,10-11,14-18H2,1-3H3,(H,26,30)(H,27,31). The predicted molar refractivity (Wildman–Crippen MR) is 126 cm³/mol. The molecule has 180 valence electrons. The number of hydrogen-bond donors (Lipinski definition) is 3. The molecule has 4 unspecified atom stereocenters. The van der Waals surface area contributed by atoms with Gasteiger partial charge in [-0.1, -0.05) is 63.4 Å². The van der Waals surface area contributed by atoms with Gasteiger partial charge in [0.2, 0.25) is 11.8 Å². The lowest BCUT2D eigenvalue weighted by Gasteiger charge is -2.36. The number of carbonyl (C=O) groups excluding carboxylic acids is 2. The van der Waals surface area contributed by atoms with Crippen LogP contribution in [-0.2, 0) is 14.3 Å². The van der Waals surface area contributed by atoms with Crippen LogP contribution < -0.4 is 10.6 Å². The van der Waals surface area contributed by atoms with Crippen LogP contribution >= 0.6 is 0 Å². The Hall–Kier alpha value is -1.96. The maximum absolute atomic E-state index is 13.2. The summed E-state index contributed by atoms with van der Waals surface area (Å²) < 4.78 is 5.46. The van der Waals surface area contributed by atoms with Crippen LogP contribution in [0.25, 0.3) is 0 Å². The van der Waals surface area contributed by atoms with E-state index >= 15 is 0 Å². The summed E-state index contributed by atoms with van der Waals surface area (Å²) in [6.07, 6.45) is 3.53. The van der Waals surface area contributed by atoms with Crippen molar-refractivity contribution in [2.24, 2.45) is 5.92 Å². The molecule has 1 aliphatic rings. The van der Waals surface area contributed by atoms with Crippen molar-refractivity contribution >= 4 is 11.8 Å². The first-order valence-electron chi connectivity index (χ1n) is 12.1. The summed E-state index contributed by atoms with van der Waals surface area (Å²) in [6.45, 7) is 8.60. The number of morpholine rings is 1. The third-order valence-corrected chi connectivity index (χ3v) is 6.02. The summed E-state index contributed by atoms with van der Waals surface area (Å²) in [5.41, 5.74) is 0.813. The van der Waals surface area contributed by atoms with Crippen molar-refractivity contribution in [3.05, 3.63) is 35.9 Å². The van der Waals surface area contributed by atoms with Gasteiger partial charge in [-0.2, -0.15) is 0 Å². The Morgan fingerprint density at radius 3 is 2.31 bits per heavy atom. The van der Waals surface area contributed by atoms with Crippen LogP contribution in [0.15, 0.2) is 30.3 Å². The molecule has 1 aliphatic heterocycles. The quantitative estimate of drug-likeness (QED) is 0.405. The fourth-order valence-corrected chi connectivity index (χ4v) is 4.07. The highest BCUT2D eigenvalue weighted by Gasteiger charge is 2.31. The second kappa shape index (κ2) is 14.2. The second-order valence-electron chi connectivity index (χ2n) is 8.73. The van der Waals surface area contributed by atoms with Crippen molar-refractivity contribution in [3.8, 4) is 0 Å². The average molecular weight is 448 g/mol. The average Bonchev–Trinajstić information content (AvgIpc) is 2.81. The number of rotatable bonds is 13. The van der Waals surface area contributed by atoms with Gasteiger partial charge in [0.1, 0.15) is 5.92 Å². The Morgan fingerprint density at radius 2 is 1.69 bits per heavy atom. The van der Waals surface area contributed by atoms with Gasteiger partial charge in [0.25, 0.3) is 0 Å². The van der Waals surface area contributed by atoms with Crippen LogP contribution in [0.5, 0.6) is 0 Å². The molecule has 1 aromatic carbocycles. The Morgan fingerprint density at radius 1 is 1.03 bits per heavy atom. The van der Waals surface area contributed by atoms with Crippen molar-refractivity contribution < 1.29 is 19.4 Å². The molecule has 0 aliphatic carbocycles. The summed E-state index contributed by atoms with van der Waals surface area (Å²) in [7, 11) is 0. The monoisotopic (exact) mass is 447 g/mol. The van der Waals surface area contributed by atoms with E-state index in [1.807, 2.05) is 44.2 Å². The number of nitrogens with zero attached hydrogens (tertiary/aromatic N) is 1. The number of ether oxygens (including phenoxy) is 1. The number of benzene rings is 1. The third-order valence-electron chi connectivity index (χ3n) is 6.02. The molecule has 0 aromatic heterocycles. The highest BCUT2D eigenvalue weighted by Crippen LogP contribution is 2.21. The van der Waals surface area contributed by atoms with Crippen LogP contribution in [0, 0.1) is 5.92 Å². The normalized spacial score (nSPS) is 18.4. The molecule has 1 saturated heterocycles. The summed E-state index contributed by atoms with van der Waals surface area (Å²) in [6, 6.07) is 9.50. The van der Waals surface area contributed by atoms with E-state index in [1.54, 1.807) is 0 Å². The number of hydrogen-bond acceptors (Lipinski definition) is 5. The Kier molecular flexibility index (Phi) is 11.7. The summed E-state index contributed by atoms with van der Waals surface area (Å²) in [5, 5.41) is 16.9. The SMILES string of the molecule is CCCCC(C)NC(=O)C(CCC)C(=O)NC(CC(O)c1ccccc1)N1CCOCC1. The molecule has 0 radical (unpaired) electrons. The third kappa shape index (κ3) is 8.52. The lowest BCUT2D eigenvalue weighted by Crippen LogP contribution is -2.55. The van der Waals surface area contributed by atoms with Gasteiger partial charge >= 0.3 is 0 Å². The number of aliphatic hydroxyl groups is 1. The Balaban J connectivity index is 2.08. The summed E-state index contributed by atoms with van der Waals surface area (Å²) >= 11 is 0. The van der Waals surface area contributed by atoms with Crippen LogP contribution in [0.1, 0.15) is 71.0 Å². The molecule has 1 heterocycles. The highest BCUT2D eigenvalue weighted by molar-refractivity contribution is 6.00. The zero-order chi connectivity index (χ0) is 23.3. The molecule has 0 saturated carbocycles. The second-order valence-corrected chi connectivity index (χ2v) is 8.73. The van der Waals surface area contributed by atoms with Gasteiger partial charge in [-0.15, -0.1) is 0 Å². The minimum Gasteiger partial charge on any atom is -0.388 e. The Labute approximate surface area is 192 Å². The van der Waals surface area contributed by atoms with Crippen molar-refractivity contribution in [2.45, 2.75) is 77.6 Å². The molecule has 2 amide bonds. The fraction of sp³-hybridized carbons (Fsp3) is 0.680. The lowest BCUT2D eigenvalue weighted by molar-refractivity contribution is -0.137. The molecule has 3 N–H and O–H groups in total. The van der Waals surface area contributed by atoms with Crippen molar-refractivity contribution in [1.29, 1.82) is 0 Å². The van der Waals surface area contributed by atoms with Crippen LogP contribution in [0.3, 0.4) is 0 Å². The van der Waals surface area contributed by atoms with Gasteiger partial charge in [0.15, 0.2) is 0 Å². The van der Waals surface area contributed by atoms with Gasteiger partial charge in [-0.05, 0) is 25.3 Å². The number of carbonyl (C=O) groups is 2. The molecule has 0 bridgehead atoms. The number of amides is 2. The van der Waals surface area contributed by atoms with Gasteiger partial charge in [0.05, 0.1) is 25.5 Å². The molecule has 7 heteroatoms. The molecule has 32 heavy (non-hydrogen) atoms. The first-order valence-corrected chi connectivity index (χ1v) is 12.1. The van der Waals surface area contributed by atoms with Gasteiger partial charge in [0, 0.05) is 25.6 Å². The zero-order valence-corrected chi connectivity index (χ0v) is 19.9. The number of nitrogens with one attached hydrogen (secondary N) is 2. The number of unbranched alkanes of at least 4 members (excludes halogenated alkanes) is 1. The summed E-state index contributed by atoms with van der Waals surface area (Å²) in [4.78, 5) is 28.2. The van der Waals surface area contributed by atoms with Crippen LogP contribution in [-0.4, -0.2) is 60.3 Å². The first kappa shape index (κ1) is 26.3. The van der Waals surface area contributed by atoms with E-state index in [9.17, 15) is 14.7 Å². The molecular weight excluding hydrogens is 406 g/mol. The predicted octanol–water partition coefficient (Wildman–Crippen LogP) is 3.00. The van der Waals surface area contributed by atoms with Gasteiger partial charge in [-0.3, -0.25) is 14.5 Å². The molecule has 7 nitrogen and oxygen atoms in total. The van der Waals surface area contributed by atoms with Gasteiger partial charge < -0.3 is 20.5 Å². The van der Waals surface area contributed by atoms with Crippen molar-refractivity contribution in [1.82, 2.24) is 15.5 Å². The highest BCUT2D eigenvalue weighted by atomic mass is 16.5. The molecule has 2 rings (SSSR count). The number of aliphatic hydroxyl groups excluding tert-OH is 1. The molecular formula is C25H41N3O4. The minimum atomic E-state index is -0.735. The largest absolute Gasteiger partial charge is 0.388 e. The topological polar surface area (TPSA) is 90.9 Å². The van der Waals surface area contributed by atoms with E-state index in [1.165, 1.54) is 0 Å². The van der Waals surface area contributed by atoms with E-state index in [2.05, 4.69) is 22.5 Å². The van der Waals surface area contributed by atoms with E-state index in [0.29, 0.717) is 39.1 Å². The van der Waals surface area contributed by atoms with E-state index in [4.69, 9.17) is 4.74 Å². The van der Waals surface area contributed by atoms with E-state index in [-0.39, 0.29) is 24.0 Å². The maximum atomic E-state index is 13.2. The van der Waals surface area contributed by atoms with Crippen LogP contribution in [0.4, 0.5) is 0 Å².